The molecule has 0 aliphatic rings. The van der Waals surface area contributed by atoms with Crippen LogP contribution < -0.4 is 4.74 Å². The van der Waals surface area contributed by atoms with Crippen LogP contribution in [0.3, 0.4) is 0 Å². The average Bonchev–Trinajstić information content (AvgIpc) is 3.52. The number of imidazole rings is 1. The summed E-state index contributed by atoms with van der Waals surface area (Å²) in [5, 5.41) is 7.79. The SMILES string of the molecule is Cc1nc(C(F)F)c(Cl)n1-c1ccc(-c2cccc(S(C)(=O)=O)c2)cc1-n1nncc1-c1ccc(OC(F)(F)F)cc1. The van der Waals surface area contributed by atoms with Crippen LogP contribution in [0, 0.1) is 6.92 Å². The number of aromatic nitrogens is 5. The number of hydrogen-bond donors (Lipinski definition) is 0. The van der Waals surface area contributed by atoms with Crippen molar-refractivity contribution in [2.75, 3.05) is 6.26 Å². The maximum absolute atomic E-state index is 13.6. The molecule has 0 N–H and O–H groups in total. The Morgan fingerprint density at radius 3 is 2.21 bits per heavy atom. The minimum atomic E-state index is -4.87. The van der Waals surface area contributed by atoms with E-state index >= 15 is 0 Å². The monoisotopic (exact) mass is 623 g/mol. The molecule has 0 amide bonds. The van der Waals surface area contributed by atoms with Crippen LogP contribution in [-0.4, -0.2) is 45.6 Å². The van der Waals surface area contributed by atoms with Crippen molar-refractivity contribution >= 4 is 21.4 Å². The highest BCUT2D eigenvalue weighted by molar-refractivity contribution is 7.90. The second-order valence-electron chi connectivity index (χ2n) is 9.08. The minimum absolute atomic E-state index is 0.0864. The van der Waals surface area contributed by atoms with Crippen LogP contribution in [0.4, 0.5) is 22.0 Å². The van der Waals surface area contributed by atoms with E-state index in [2.05, 4.69) is 20.0 Å². The van der Waals surface area contributed by atoms with Gasteiger partial charge >= 0.3 is 6.36 Å². The standard InChI is InChI=1S/C27H19ClF5N5O3S/c1-15-35-24(26(29)30)25(28)37(15)21-11-8-18(17-4-3-5-20(12-17)42(2,39)40)13-22(21)38-23(14-34-36-38)16-6-9-19(10-7-16)41-27(31,32)33/h3-14,26H,1-2H3. The van der Waals surface area contributed by atoms with Gasteiger partial charge < -0.3 is 4.74 Å². The second kappa shape index (κ2) is 10.8. The fourth-order valence-corrected chi connectivity index (χ4v) is 5.36. The van der Waals surface area contributed by atoms with Gasteiger partial charge in [-0.15, -0.1) is 18.3 Å². The van der Waals surface area contributed by atoms with Crippen molar-refractivity contribution in [1.82, 2.24) is 24.5 Å². The first-order valence-electron chi connectivity index (χ1n) is 12.0. The summed E-state index contributed by atoms with van der Waals surface area (Å²) in [6, 6.07) is 16.1. The van der Waals surface area contributed by atoms with E-state index in [1.165, 1.54) is 46.6 Å². The van der Waals surface area contributed by atoms with Gasteiger partial charge in [-0.2, -0.15) is 0 Å². The van der Waals surface area contributed by atoms with Gasteiger partial charge in [0.15, 0.2) is 9.84 Å². The van der Waals surface area contributed by atoms with Crippen molar-refractivity contribution in [3.8, 4) is 39.5 Å². The molecule has 8 nitrogen and oxygen atoms in total. The number of ether oxygens (including phenoxy) is 1. The third-order valence-electron chi connectivity index (χ3n) is 6.19. The molecule has 42 heavy (non-hydrogen) atoms. The number of alkyl halides is 5. The van der Waals surface area contributed by atoms with E-state index < -0.39 is 34.1 Å². The van der Waals surface area contributed by atoms with E-state index in [1.807, 2.05) is 0 Å². The Morgan fingerprint density at radius 2 is 1.60 bits per heavy atom. The molecule has 0 radical (unpaired) electrons. The number of halogens is 6. The minimum Gasteiger partial charge on any atom is -0.406 e. The zero-order valence-corrected chi connectivity index (χ0v) is 23.2. The van der Waals surface area contributed by atoms with Gasteiger partial charge in [-0.05, 0) is 66.6 Å². The molecule has 15 heteroatoms. The Labute approximate surface area is 240 Å². The predicted octanol–water partition coefficient (Wildman–Crippen LogP) is 6.99. The van der Waals surface area contributed by atoms with Gasteiger partial charge in [-0.3, -0.25) is 4.57 Å². The molecule has 0 bridgehead atoms. The lowest BCUT2D eigenvalue weighted by Crippen LogP contribution is -2.16. The van der Waals surface area contributed by atoms with Gasteiger partial charge in [0.2, 0.25) is 0 Å². The summed E-state index contributed by atoms with van der Waals surface area (Å²) >= 11 is 6.35. The molecule has 2 aromatic heterocycles. The quantitative estimate of drug-likeness (QED) is 0.182. The van der Waals surface area contributed by atoms with Crippen LogP contribution in [0.5, 0.6) is 5.75 Å². The Kier molecular flexibility index (Phi) is 7.53. The van der Waals surface area contributed by atoms with Crippen LogP contribution in [-0.2, 0) is 9.84 Å². The lowest BCUT2D eigenvalue weighted by atomic mass is 10.0. The summed E-state index contributed by atoms with van der Waals surface area (Å²) < 4.78 is 96.1. The lowest BCUT2D eigenvalue weighted by molar-refractivity contribution is -0.274. The highest BCUT2D eigenvalue weighted by atomic mass is 35.5. The summed E-state index contributed by atoms with van der Waals surface area (Å²) in [6.07, 6.45) is -5.36. The number of sulfone groups is 1. The van der Waals surface area contributed by atoms with Gasteiger partial charge in [-0.25, -0.2) is 26.9 Å². The Morgan fingerprint density at radius 1 is 0.929 bits per heavy atom. The maximum Gasteiger partial charge on any atom is 0.573 e. The fraction of sp³-hybridized carbons (Fsp3) is 0.148. The van der Waals surface area contributed by atoms with Crippen molar-refractivity contribution in [3.63, 3.8) is 0 Å². The molecule has 0 atom stereocenters. The van der Waals surface area contributed by atoms with E-state index in [1.54, 1.807) is 30.3 Å². The Bertz CT molecular complexity index is 1890. The molecular formula is C27H19ClF5N5O3S. The molecule has 0 saturated carbocycles. The van der Waals surface area contributed by atoms with Crippen LogP contribution >= 0.6 is 11.6 Å². The number of nitrogens with zero attached hydrogens (tertiary/aromatic N) is 5. The summed E-state index contributed by atoms with van der Waals surface area (Å²) in [6.45, 7) is 1.49. The van der Waals surface area contributed by atoms with E-state index in [0.29, 0.717) is 22.4 Å². The van der Waals surface area contributed by atoms with Crippen LogP contribution in [0.25, 0.3) is 33.8 Å². The van der Waals surface area contributed by atoms with E-state index in [-0.39, 0.29) is 27.2 Å². The number of benzene rings is 3. The first-order chi connectivity index (χ1) is 19.7. The largest absolute Gasteiger partial charge is 0.573 e. The molecule has 0 unspecified atom stereocenters. The van der Waals surface area contributed by atoms with Crippen molar-refractivity contribution in [1.29, 1.82) is 0 Å². The van der Waals surface area contributed by atoms with Crippen molar-refractivity contribution < 1.29 is 35.1 Å². The summed E-state index contributed by atoms with van der Waals surface area (Å²) in [4.78, 5) is 4.00. The number of hydrogen-bond acceptors (Lipinski definition) is 6. The third-order valence-corrected chi connectivity index (χ3v) is 7.67. The number of rotatable bonds is 7. The smallest absolute Gasteiger partial charge is 0.406 e. The molecule has 218 valence electrons. The van der Waals surface area contributed by atoms with Gasteiger partial charge in [-0.1, -0.05) is 35.0 Å². The average molecular weight is 624 g/mol. The Hall–Kier alpha value is -4.30. The normalized spacial score (nSPS) is 12.2. The summed E-state index contributed by atoms with van der Waals surface area (Å²) in [5.41, 5.74) is 1.75. The zero-order valence-electron chi connectivity index (χ0n) is 21.6. The molecule has 3 aromatic carbocycles. The van der Waals surface area contributed by atoms with Gasteiger partial charge in [0, 0.05) is 11.8 Å². The molecule has 0 fully saturated rings. The zero-order chi connectivity index (χ0) is 30.4. The summed E-state index contributed by atoms with van der Waals surface area (Å²) in [7, 11) is -3.52. The van der Waals surface area contributed by atoms with Gasteiger partial charge in [0.1, 0.15) is 22.4 Å². The van der Waals surface area contributed by atoms with Gasteiger partial charge in [0.25, 0.3) is 6.43 Å². The first kappa shape index (κ1) is 29.2. The second-order valence-corrected chi connectivity index (χ2v) is 11.5. The first-order valence-corrected chi connectivity index (χ1v) is 14.2. The molecule has 0 aliphatic heterocycles. The molecule has 0 saturated heterocycles. The van der Waals surface area contributed by atoms with E-state index in [0.717, 1.165) is 18.4 Å². The highest BCUT2D eigenvalue weighted by Crippen LogP contribution is 2.36. The lowest BCUT2D eigenvalue weighted by Gasteiger charge is -2.17. The Balaban J connectivity index is 1.71. The predicted molar refractivity (Wildman–Crippen MR) is 144 cm³/mol. The van der Waals surface area contributed by atoms with E-state index in [4.69, 9.17) is 11.6 Å². The molecule has 5 aromatic rings. The fourth-order valence-electron chi connectivity index (χ4n) is 4.35. The number of aryl methyl sites for hydroxylation is 1. The maximum atomic E-state index is 13.6. The van der Waals surface area contributed by atoms with Crippen LogP contribution in [0.2, 0.25) is 5.15 Å². The summed E-state index contributed by atoms with van der Waals surface area (Å²) in [5.74, 6) is -0.280. The van der Waals surface area contributed by atoms with Gasteiger partial charge in [0.05, 0.1) is 28.2 Å². The van der Waals surface area contributed by atoms with Crippen LogP contribution in [0.1, 0.15) is 17.9 Å². The molecule has 2 heterocycles. The highest BCUT2D eigenvalue weighted by Gasteiger charge is 2.31. The molecule has 0 spiro atoms. The molecule has 0 aliphatic carbocycles. The molecular weight excluding hydrogens is 605 g/mol. The van der Waals surface area contributed by atoms with E-state index in [9.17, 15) is 30.4 Å². The van der Waals surface area contributed by atoms with Crippen molar-refractivity contribution in [3.05, 3.63) is 89.6 Å². The third kappa shape index (κ3) is 5.85. The van der Waals surface area contributed by atoms with Crippen molar-refractivity contribution in [2.45, 2.75) is 24.6 Å². The molecule has 5 rings (SSSR count). The topological polar surface area (TPSA) is 91.9 Å². The van der Waals surface area contributed by atoms with Crippen molar-refractivity contribution in [2.24, 2.45) is 0 Å². The van der Waals surface area contributed by atoms with Crippen LogP contribution in [0.15, 0.2) is 77.8 Å².